The summed E-state index contributed by atoms with van der Waals surface area (Å²) in [5.74, 6) is 0.759. The first-order chi connectivity index (χ1) is 9.11. The van der Waals surface area contributed by atoms with E-state index in [0.29, 0.717) is 18.0 Å². The van der Waals surface area contributed by atoms with Gasteiger partial charge in [-0.3, -0.25) is 4.90 Å². The van der Waals surface area contributed by atoms with E-state index in [1.165, 1.54) is 0 Å². The maximum absolute atomic E-state index is 9.24. The zero-order valence-electron chi connectivity index (χ0n) is 11.4. The summed E-state index contributed by atoms with van der Waals surface area (Å²) < 4.78 is 10.7. The minimum atomic E-state index is -1.45. The first-order valence-electron chi connectivity index (χ1n) is 6.42. The molecule has 19 heavy (non-hydrogen) atoms. The highest BCUT2D eigenvalue weighted by Crippen LogP contribution is 2.21. The maximum Gasteiger partial charge on any atom is 0.488 e. The van der Waals surface area contributed by atoms with E-state index in [2.05, 4.69) is 4.90 Å². The smallest absolute Gasteiger partial charge is 0.488 e. The van der Waals surface area contributed by atoms with E-state index in [1.54, 1.807) is 25.3 Å². The fourth-order valence-corrected chi connectivity index (χ4v) is 2.35. The van der Waals surface area contributed by atoms with Gasteiger partial charge in [0.25, 0.3) is 0 Å². The molecular formula is C13H20BNO4. The highest BCUT2D eigenvalue weighted by molar-refractivity contribution is 6.58. The third kappa shape index (κ3) is 3.48. The first kappa shape index (κ1) is 14.3. The van der Waals surface area contributed by atoms with Crippen LogP contribution in [0.25, 0.3) is 0 Å². The molecule has 1 aliphatic heterocycles. The lowest BCUT2D eigenvalue weighted by Crippen LogP contribution is -2.33. The Balaban J connectivity index is 2.14. The molecule has 1 heterocycles. The van der Waals surface area contributed by atoms with Crippen LogP contribution in [-0.2, 0) is 11.3 Å². The van der Waals surface area contributed by atoms with Gasteiger partial charge in [-0.15, -0.1) is 0 Å². The molecule has 5 nitrogen and oxygen atoms in total. The number of ether oxygens (including phenoxy) is 2. The summed E-state index contributed by atoms with van der Waals surface area (Å²) in [6.07, 6.45) is 1.03. The second-order valence-electron chi connectivity index (χ2n) is 4.88. The molecule has 1 aromatic rings. The molecule has 1 aromatic carbocycles. The van der Waals surface area contributed by atoms with Crippen molar-refractivity contribution in [3.05, 3.63) is 23.8 Å². The maximum atomic E-state index is 9.24. The third-order valence-electron chi connectivity index (χ3n) is 3.55. The highest BCUT2D eigenvalue weighted by atomic mass is 16.5. The molecule has 0 aromatic heterocycles. The molecule has 1 atom stereocenters. The van der Waals surface area contributed by atoms with Gasteiger partial charge in [-0.05, 0) is 25.0 Å². The Hall–Kier alpha value is -1.08. The van der Waals surface area contributed by atoms with Crippen LogP contribution in [0.15, 0.2) is 18.2 Å². The third-order valence-corrected chi connectivity index (χ3v) is 3.55. The van der Waals surface area contributed by atoms with Gasteiger partial charge in [0.1, 0.15) is 5.75 Å². The SMILES string of the molecule is COc1ccc(B(O)O)cc1CN(C)C1CCOC1. The topological polar surface area (TPSA) is 62.2 Å². The summed E-state index contributed by atoms with van der Waals surface area (Å²) in [6, 6.07) is 5.61. The predicted octanol–water partition coefficient (Wildman–Crippen LogP) is -0.404. The standard InChI is InChI=1S/C13H20BNO4/c1-15(12-5-6-19-9-12)8-10-7-11(14(16)17)3-4-13(10)18-2/h3-4,7,12,16-17H,5-6,8-9H2,1-2H3. The normalized spacial score (nSPS) is 18.9. The van der Waals surface area contributed by atoms with Gasteiger partial charge in [0.2, 0.25) is 0 Å². The number of rotatable bonds is 5. The van der Waals surface area contributed by atoms with Crippen molar-refractivity contribution in [3.8, 4) is 5.75 Å². The molecule has 1 saturated heterocycles. The fraction of sp³-hybridized carbons (Fsp3) is 0.538. The molecule has 6 heteroatoms. The van der Waals surface area contributed by atoms with Crippen molar-refractivity contribution in [3.63, 3.8) is 0 Å². The average molecular weight is 265 g/mol. The molecule has 1 unspecified atom stereocenters. The van der Waals surface area contributed by atoms with E-state index < -0.39 is 7.12 Å². The van der Waals surface area contributed by atoms with Gasteiger partial charge in [-0.2, -0.15) is 0 Å². The van der Waals surface area contributed by atoms with Gasteiger partial charge >= 0.3 is 7.12 Å². The second kappa shape index (κ2) is 6.39. The number of likely N-dealkylation sites (N-methyl/N-ethyl adjacent to an activating group) is 1. The monoisotopic (exact) mass is 265 g/mol. The molecule has 2 rings (SSSR count). The molecule has 0 aliphatic carbocycles. The Morgan fingerprint density at radius 3 is 2.84 bits per heavy atom. The number of hydrogen-bond donors (Lipinski definition) is 2. The van der Waals surface area contributed by atoms with E-state index in [4.69, 9.17) is 9.47 Å². The van der Waals surface area contributed by atoms with Crippen LogP contribution in [0.5, 0.6) is 5.75 Å². The number of nitrogens with zero attached hydrogens (tertiary/aromatic N) is 1. The van der Waals surface area contributed by atoms with Crippen LogP contribution in [-0.4, -0.2) is 55.5 Å². The molecule has 0 bridgehead atoms. The van der Waals surface area contributed by atoms with Crippen molar-refractivity contribution in [1.82, 2.24) is 4.90 Å². The molecule has 0 radical (unpaired) electrons. The summed E-state index contributed by atoms with van der Waals surface area (Å²) in [6.45, 7) is 2.25. The molecule has 2 N–H and O–H groups in total. The second-order valence-corrected chi connectivity index (χ2v) is 4.88. The van der Waals surface area contributed by atoms with Gasteiger partial charge in [-0.1, -0.05) is 12.1 Å². The highest BCUT2D eigenvalue weighted by Gasteiger charge is 2.22. The zero-order valence-corrected chi connectivity index (χ0v) is 11.4. The Morgan fingerprint density at radius 2 is 2.26 bits per heavy atom. The molecule has 0 saturated carbocycles. The van der Waals surface area contributed by atoms with Crippen molar-refractivity contribution in [2.24, 2.45) is 0 Å². The first-order valence-corrected chi connectivity index (χ1v) is 6.42. The van der Waals surface area contributed by atoms with Crippen LogP contribution in [0.3, 0.4) is 0 Å². The number of methoxy groups -OCH3 is 1. The molecule has 1 aliphatic rings. The van der Waals surface area contributed by atoms with E-state index in [1.807, 2.05) is 7.05 Å². The van der Waals surface area contributed by atoms with Crippen molar-refractivity contribution in [2.45, 2.75) is 19.0 Å². The largest absolute Gasteiger partial charge is 0.496 e. The van der Waals surface area contributed by atoms with Gasteiger partial charge in [-0.25, -0.2) is 0 Å². The van der Waals surface area contributed by atoms with Crippen molar-refractivity contribution >= 4 is 12.6 Å². The summed E-state index contributed by atoms with van der Waals surface area (Å²) in [5.41, 5.74) is 1.43. The van der Waals surface area contributed by atoms with Crippen LogP contribution >= 0.6 is 0 Å². The summed E-state index contributed by atoms with van der Waals surface area (Å²) in [7, 11) is 2.21. The van der Waals surface area contributed by atoms with E-state index >= 15 is 0 Å². The molecule has 1 fully saturated rings. The van der Waals surface area contributed by atoms with Crippen LogP contribution < -0.4 is 10.2 Å². The van der Waals surface area contributed by atoms with Crippen molar-refractivity contribution in [2.75, 3.05) is 27.4 Å². The Labute approximate surface area is 113 Å². The Morgan fingerprint density at radius 1 is 1.47 bits per heavy atom. The molecule has 0 spiro atoms. The van der Waals surface area contributed by atoms with Crippen molar-refractivity contribution in [1.29, 1.82) is 0 Å². The summed E-state index contributed by atoms with van der Waals surface area (Å²) >= 11 is 0. The summed E-state index contributed by atoms with van der Waals surface area (Å²) in [5, 5.41) is 18.5. The lowest BCUT2D eigenvalue weighted by molar-refractivity contribution is 0.156. The van der Waals surface area contributed by atoms with E-state index in [9.17, 15) is 10.0 Å². The minimum absolute atomic E-state index is 0.410. The number of benzene rings is 1. The van der Waals surface area contributed by atoms with Crippen LogP contribution in [0, 0.1) is 0 Å². The van der Waals surface area contributed by atoms with Gasteiger partial charge in [0.15, 0.2) is 0 Å². The van der Waals surface area contributed by atoms with Gasteiger partial charge in [0.05, 0.1) is 13.7 Å². The lowest BCUT2D eigenvalue weighted by Gasteiger charge is -2.24. The van der Waals surface area contributed by atoms with E-state index in [-0.39, 0.29) is 0 Å². The summed E-state index contributed by atoms with van der Waals surface area (Å²) in [4.78, 5) is 2.21. The molecule has 0 amide bonds. The van der Waals surface area contributed by atoms with Crippen LogP contribution in [0.4, 0.5) is 0 Å². The molecular weight excluding hydrogens is 245 g/mol. The number of hydrogen-bond acceptors (Lipinski definition) is 5. The van der Waals surface area contributed by atoms with Gasteiger partial charge in [0, 0.05) is 24.8 Å². The predicted molar refractivity (Wildman–Crippen MR) is 73.5 cm³/mol. The molecule has 104 valence electrons. The van der Waals surface area contributed by atoms with Crippen LogP contribution in [0.2, 0.25) is 0 Å². The van der Waals surface area contributed by atoms with Gasteiger partial charge < -0.3 is 19.5 Å². The average Bonchev–Trinajstić information content (AvgIpc) is 2.92. The lowest BCUT2D eigenvalue weighted by atomic mass is 9.79. The Kier molecular flexibility index (Phi) is 4.82. The van der Waals surface area contributed by atoms with E-state index in [0.717, 1.165) is 30.9 Å². The van der Waals surface area contributed by atoms with Crippen LogP contribution in [0.1, 0.15) is 12.0 Å². The zero-order chi connectivity index (χ0) is 13.8. The fourth-order valence-electron chi connectivity index (χ4n) is 2.35. The minimum Gasteiger partial charge on any atom is -0.496 e. The quantitative estimate of drug-likeness (QED) is 0.709. The Bertz CT molecular complexity index is 421. The van der Waals surface area contributed by atoms with Crippen molar-refractivity contribution < 1.29 is 19.5 Å².